The number of rotatable bonds is 2. The smallest absolute Gasteiger partial charge is 0.141 e. The van der Waals surface area contributed by atoms with Crippen molar-refractivity contribution in [2.75, 3.05) is 18.0 Å². The molecule has 2 aliphatic rings. The van der Waals surface area contributed by atoms with Gasteiger partial charge in [-0.1, -0.05) is 20.3 Å². The lowest BCUT2D eigenvalue weighted by atomic mass is 9.86. The van der Waals surface area contributed by atoms with Crippen molar-refractivity contribution in [2.45, 2.75) is 52.4 Å². The monoisotopic (exact) mass is 315 g/mol. The minimum absolute atomic E-state index is 0.857. The van der Waals surface area contributed by atoms with Crippen LogP contribution in [0, 0.1) is 11.8 Å². The van der Waals surface area contributed by atoms with Crippen molar-refractivity contribution in [1.29, 1.82) is 0 Å². The third kappa shape index (κ3) is 2.41. The molecular formula is C18H25N3S. The van der Waals surface area contributed by atoms with Gasteiger partial charge in [0.15, 0.2) is 0 Å². The van der Waals surface area contributed by atoms with Gasteiger partial charge in [-0.25, -0.2) is 9.97 Å². The van der Waals surface area contributed by atoms with E-state index in [0.717, 1.165) is 24.9 Å². The minimum atomic E-state index is 0.857. The molecule has 1 unspecified atom stereocenters. The Hall–Kier alpha value is -1.16. The molecule has 118 valence electrons. The van der Waals surface area contributed by atoms with Gasteiger partial charge in [0.25, 0.3) is 0 Å². The SMILES string of the molecule is CCC1CCc2c(sc3ncnc(N4CCC(C)CC4)c23)C1. The molecule has 1 saturated heterocycles. The van der Waals surface area contributed by atoms with Gasteiger partial charge in [0.1, 0.15) is 17.0 Å². The van der Waals surface area contributed by atoms with E-state index in [1.165, 1.54) is 54.6 Å². The third-order valence-corrected chi connectivity index (χ3v) is 6.75. The lowest BCUT2D eigenvalue weighted by Gasteiger charge is -2.32. The average Bonchev–Trinajstić information content (AvgIpc) is 2.93. The van der Waals surface area contributed by atoms with Gasteiger partial charge in [-0.2, -0.15) is 0 Å². The molecule has 2 aromatic heterocycles. The fourth-order valence-electron chi connectivity index (χ4n) is 3.97. The first-order valence-corrected chi connectivity index (χ1v) is 9.58. The van der Waals surface area contributed by atoms with Crippen LogP contribution >= 0.6 is 11.3 Å². The van der Waals surface area contributed by atoms with Crippen LogP contribution in [-0.4, -0.2) is 23.1 Å². The van der Waals surface area contributed by atoms with Crippen LogP contribution in [0.5, 0.6) is 0 Å². The Balaban J connectivity index is 1.75. The van der Waals surface area contributed by atoms with Gasteiger partial charge < -0.3 is 4.90 Å². The Morgan fingerprint density at radius 2 is 2.05 bits per heavy atom. The quantitative estimate of drug-likeness (QED) is 0.820. The minimum Gasteiger partial charge on any atom is -0.356 e. The summed E-state index contributed by atoms with van der Waals surface area (Å²) in [7, 11) is 0. The van der Waals surface area contributed by atoms with Gasteiger partial charge in [0, 0.05) is 18.0 Å². The van der Waals surface area contributed by atoms with Gasteiger partial charge in [0.05, 0.1) is 5.39 Å². The van der Waals surface area contributed by atoms with Crippen LogP contribution in [0.3, 0.4) is 0 Å². The van der Waals surface area contributed by atoms with E-state index in [2.05, 4.69) is 23.7 Å². The highest BCUT2D eigenvalue weighted by molar-refractivity contribution is 7.19. The third-order valence-electron chi connectivity index (χ3n) is 5.59. The zero-order valence-corrected chi connectivity index (χ0v) is 14.5. The fourth-order valence-corrected chi connectivity index (χ4v) is 5.27. The summed E-state index contributed by atoms with van der Waals surface area (Å²) in [6, 6.07) is 0. The largest absolute Gasteiger partial charge is 0.356 e. The van der Waals surface area contributed by atoms with Crippen LogP contribution < -0.4 is 4.90 Å². The van der Waals surface area contributed by atoms with E-state index in [9.17, 15) is 0 Å². The summed E-state index contributed by atoms with van der Waals surface area (Å²) in [5.74, 6) is 2.94. The van der Waals surface area contributed by atoms with Crippen LogP contribution in [0.15, 0.2) is 6.33 Å². The van der Waals surface area contributed by atoms with Gasteiger partial charge in [-0.3, -0.25) is 0 Å². The molecule has 1 aliphatic carbocycles. The molecule has 0 radical (unpaired) electrons. The predicted molar refractivity (Wildman–Crippen MR) is 93.8 cm³/mol. The van der Waals surface area contributed by atoms with Gasteiger partial charge in [-0.15, -0.1) is 11.3 Å². The van der Waals surface area contributed by atoms with E-state index < -0.39 is 0 Å². The number of fused-ring (bicyclic) bond motifs is 3. The molecule has 1 fully saturated rings. The number of aryl methyl sites for hydroxylation is 1. The lowest BCUT2D eigenvalue weighted by molar-refractivity contribution is 0.436. The maximum absolute atomic E-state index is 4.70. The second-order valence-electron chi connectivity index (χ2n) is 7.07. The normalized spacial score (nSPS) is 23.0. The molecule has 0 spiro atoms. The van der Waals surface area contributed by atoms with E-state index in [4.69, 9.17) is 4.98 Å². The first-order chi connectivity index (χ1) is 10.8. The van der Waals surface area contributed by atoms with E-state index in [1.54, 1.807) is 16.8 Å². The summed E-state index contributed by atoms with van der Waals surface area (Å²) < 4.78 is 0. The van der Waals surface area contributed by atoms with Crippen molar-refractivity contribution in [2.24, 2.45) is 11.8 Å². The highest BCUT2D eigenvalue weighted by atomic mass is 32.1. The van der Waals surface area contributed by atoms with E-state index in [0.29, 0.717) is 0 Å². The summed E-state index contributed by atoms with van der Waals surface area (Å²) in [4.78, 5) is 14.6. The summed E-state index contributed by atoms with van der Waals surface area (Å²) in [5.41, 5.74) is 1.57. The maximum atomic E-state index is 4.70. The van der Waals surface area contributed by atoms with Crippen LogP contribution in [0.2, 0.25) is 0 Å². The molecule has 0 amide bonds. The summed E-state index contributed by atoms with van der Waals surface area (Å²) in [6.45, 7) is 6.98. The van der Waals surface area contributed by atoms with Gasteiger partial charge in [0.2, 0.25) is 0 Å². The standard InChI is InChI=1S/C18H25N3S/c1-3-13-4-5-14-15(10-13)22-18-16(14)17(19-11-20-18)21-8-6-12(2)7-9-21/h11-13H,3-10H2,1-2H3. The lowest BCUT2D eigenvalue weighted by Crippen LogP contribution is -2.33. The zero-order valence-electron chi connectivity index (χ0n) is 13.6. The van der Waals surface area contributed by atoms with Crippen molar-refractivity contribution in [3.05, 3.63) is 16.8 Å². The Labute approximate surface area is 136 Å². The summed E-state index contributed by atoms with van der Waals surface area (Å²) in [6.07, 6.45) is 9.46. The molecule has 0 saturated carbocycles. The molecule has 1 atom stereocenters. The van der Waals surface area contributed by atoms with Gasteiger partial charge in [-0.05, 0) is 49.5 Å². The van der Waals surface area contributed by atoms with E-state index >= 15 is 0 Å². The second kappa shape index (κ2) is 5.80. The molecule has 0 aromatic carbocycles. The molecule has 3 nitrogen and oxygen atoms in total. The number of piperidine rings is 1. The van der Waals surface area contributed by atoms with Crippen LogP contribution in [-0.2, 0) is 12.8 Å². The second-order valence-corrected chi connectivity index (χ2v) is 8.15. The number of nitrogens with zero attached hydrogens (tertiary/aromatic N) is 3. The van der Waals surface area contributed by atoms with Crippen LogP contribution in [0.25, 0.3) is 10.2 Å². The highest BCUT2D eigenvalue weighted by Crippen LogP contribution is 2.41. The molecule has 4 heteroatoms. The maximum Gasteiger partial charge on any atom is 0.141 e. The van der Waals surface area contributed by atoms with Crippen molar-refractivity contribution in [1.82, 2.24) is 9.97 Å². The summed E-state index contributed by atoms with van der Waals surface area (Å²) >= 11 is 1.92. The predicted octanol–water partition coefficient (Wildman–Crippen LogP) is 4.44. The van der Waals surface area contributed by atoms with E-state index in [1.807, 2.05) is 11.3 Å². The first-order valence-electron chi connectivity index (χ1n) is 8.76. The first kappa shape index (κ1) is 14.4. The van der Waals surface area contributed by atoms with Crippen LogP contribution in [0.1, 0.15) is 50.0 Å². The number of anilines is 1. The molecule has 0 bridgehead atoms. The Bertz CT molecular complexity index is 670. The molecular weight excluding hydrogens is 290 g/mol. The van der Waals surface area contributed by atoms with Crippen molar-refractivity contribution in [3.8, 4) is 0 Å². The molecule has 0 N–H and O–H groups in total. The molecule has 3 heterocycles. The Morgan fingerprint density at radius 3 is 2.82 bits per heavy atom. The van der Waals surface area contributed by atoms with Gasteiger partial charge >= 0.3 is 0 Å². The Morgan fingerprint density at radius 1 is 1.23 bits per heavy atom. The molecule has 4 rings (SSSR count). The Kier molecular flexibility index (Phi) is 3.81. The van der Waals surface area contributed by atoms with E-state index in [-0.39, 0.29) is 0 Å². The zero-order chi connectivity index (χ0) is 15.1. The molecule has 2 aromatic rings. The van der Waals surface area contributed by atoms with Crippen LogP contribution in [0.4, 0.5) is 5.82 Å². The topological polar surface area (TPSA) is 29.0 Å². The number of thiophene rings is 1. The number of hydrogen-bond donors (Lipinski definition) is 0. The van der Waals surface area contributed by atoms with Crippen molar-refractivity contribution < 1.29 is 0 Å². The fraction of sp³-hybridized carbons (Fsp3) is 0.667. The molecule has 1 aliphatic heterocycles. The van der Waals surface area contributed by atoms with Crippen molar-refractivity contribution in [3.63, 3.8) is 0 Å². The summed E-state index contributed by atoms with van der Waals surface area (Å²) in [5, 5.41) is 1.38. The number of hydrogen-bond acceptors (Lipinski definition) is 4. The average molecular weight is 315 g/mol. The van der Waals surface area contributed by atoms with Crippen molar-refractivity contribution >= 4 is 27.4 Å². The number of aromatic nitrogens is 2. The highest BCUT2D eigenvalue weighted by Gasteiger charge is 2.26. The molecule has 22 heavy (non-hydrogen) atoms.